The zero-order valence-electron chi connectivity index (χ0n) is 21.1. The molecule has 1 saturated heterocycles. The van der Waals surface area contributed by atoms with Crippen molar-refractivity contribution >= 4 is 33.3 Å². The minimum Gasteiger partial charge on any atom is -0.478 e. The second-order valence-corrected chi connectivity index (χ2v) is 10.4. The lowest BCUT2D eigenvalue weighted by atomic mass is 10.1. The average molecular weight is 602 g/mol. The van der Waals surface area contributed by atoms with Gasteiger partial charge in [0.1, 0.15) is 11.6 Å². The Labute approximate surface area is 231 Å². The summed E-state index contributed by atoms with van der Waals surface area (Å²) in [4.78, 5) is 24.3. The van der Waals surface area contributed by atoms with Gasteiger partial charge in [-0.3, -0.25) is 9.62 Å². The van der Waals surface area contributed by atoms with Crippen LogP contribution in [0.1, 0.15) is 15.9 Å². The van der Waals surface area contributed by atoms with E-state index in [1.54, 1.807) is 24.3 Å². The summed E-state index contributed by atoms with van der Waals surface area (Å²) < 4.78 is 87.2. The Morgan fingerprint density at radius 1 is 0.878 bits per heavy atom. The largest absolute Gasteiger partial charge is 0.490 e. The van der Waals surface area contributed by atoms with E-state index in [0.29, 0.717) is 44.0 Å². The van der Waals surface area contributed by atoms with Crippen LogP contribution in [0.3, 0.4) is 0 Å². The van der Waals surface area contributed by atoms with Gasteiger partial charge in [-0.1, -0.05) is 18.2 Å². The van der Waals surface area contributed by atoms with Crippen LogP contribution in [0.5, 0.6) is 0 Å². The SMILES string of the molecule is O=C(O)C(F)(F)F.O=C(O)c1ccc(N2CCN(Cc3ccccc3F)CC2)c(NS(=O)(=O)c2ccc(F)cc2)c1. The van der Waals surface area contributed by atoms with Crippen LogP contribution in [0.15, 0.2) is 71.6 Å². The van der Waals surface area contributed by atoms with Gasteiger partial charge >= 0.3 is 18.1 Å². The molecule has 220 valence electrons. The lowest BCUT2D eigenvalue weighted by molar-refractivity contribution is -0.192. The number of rotatable bonds is 7. The van der Waals surface area contributed by atoms with E-state index in [2.05, 4.69) is 9.62 Å². The maximum atomic E-state index is 14.0. The van der Waals surface area contributed by atoms with E-state index < -0.39 is 34.0 Å². The van der Waals surface area contributed by atoms with Gasteiger partial charge in [0.15, 0.2) is 0 Å². The predicted octanol–water partition coefficient (Wildman–Crippen LogP) is 4.42. The minimum atomic E-state index is -5.08. The van der Waals surface area contributed by atoms with E-state index in [1.807, 2.05) is 4.90 Å². The molecule has 4 rings (SSSR count). The van der Waals surface area contributed by atoms with Crippen molar-refractivity contribution in [3.63, 3.8) is 0 Å². The van der Waals surface area contributed by atoms with Gasteiger partial charge in [0.05, 0.1) is 21.8 Å². The molecule has 0 aliphatic carbocycles. The molecule has 1 aliphatic heterocycles. The maximum absolute atomic E-state index is 14.0. The normalized spacial score (nSPS) is 14.1. The highest BCUT2D eigenvalue weighted by atomic mass is 32.2. The molecule has 3 N–H and O–H groups in total. The number of carboxylic acids is 2. The standard InChI is InChI=1S/C24H23F2N3O4S.C2HF3O2/c25-19-6-8-20(9-7-19)34(32,33)27-22-15-17(24(30)31)5-10-23(22)29-13-11-28(12-14-29)16-18-3-1-2-4-21(18)26;3-2(4,5)1(6)7/h1-10,15,27H,11-14,16H2,(H,30,31);(H,6,7). The van der Waals surface area contributed by atoms with Gasteiger partial charge in [-0.15, -0.1) is 0 Å². The zero-order valence-corrected chi connectivity index (χ0v) is 21.9. The number of hydrogen-bond acceptors (Lipinski definition) is 6. The topological polar surface area (TPSA) is 127 Å². The third kappa shape index (κ3) is 8.62. The summed E-state index contributed by atoms with van der Waals surface area (Å²) in [6, 6.07) is 15.2. The summed E-state index contributed by atoms with van der Waals surface area (Å²) in [6.45, 7) is 2.75. The molecule has 0 unspecified atom stereocenters. The molecule has 0 amide bonds. The first kappa shape index (κ1) is 31.3. The Bertz CT molecular complexity index is 1490. The Morgan fingerprint density at radius 2 is 1.46 bits per heavy atom. The van der Waals surface area contributed by atoms with Crippen molar-refractivity contribution in [3.8, 4) is 0 Å². The number of nitrogens with one attached hydrogen (secondary N) is 1. The quantitative estimate of drug-likeness (QED) is 0.340. The van der Waals surface area contributed by atoms with Crippen molar-refractivity contribution in [2.75, 3.05) is 35.8 Å². The second kappa shape index (κ2) is 13.0. The molecular weight excluding hydrogens is 577 g/mol. The monoisotopic (exact) mass is 601 g/mol. The molecule has 0 saturated carbocycles. The first-order valence-corrected chi connectivity index (χ1v) is 13.3. The molecule has 3 aromatic rings. The molecule has 41 heavy (non-hydrogen) atoms. The molecule has 0 atom stereocenters. The number of alkyl halides is 3. The molecule has 1 fully saturated rings. The first-order valence-electron chi connectivity index (χ1n) is 11.8. The number of piperazine rings is 1. The average Bonchev–Trinajstić information content (AvgIpc) is 2.90. The molecule has 15 heteroatoms. The Kier molecular flexibility index (Phi) is 9.88. The van der Waals surface area contributed by atoms with E-state index in [1.165, 1.54) is 18.2 Å². The summed E-state index contributed by atoms with van der Waals surface area (Å²) in [5.41, 5.74) is 1.18. The molecular formula is C26H24F5N3O6S. The number of halogens is 5. The summed E-state index contributed by atoms with van der Waals surface area (Å²) in [6.07, 6.45) is -5.08. The van der Waals surface area contributed by atoms with Crippen LogP contribution in [-0.2, 0) is 21.4 Å². The summed E-state index contributed by atoms with van der Waals surface area (Å²) in [7, 11) is -4.08. The van der Waals surface area contributed by atoms with E-state index in [-0.39, 0.29) is 22.0 Å². The number of carboxylic acid groups (broad SMARTS) is 2. The zero-order chi connectivity index (χ0) is 30.4. The fourth-order valence-electron chi connectivity index (χ4n) is 3.86. The lowest BCUT2D eigenvalue weighted by Crippen LogP contribution is -2.46. The molecule has 3 aromatic carbocycles. The number of anilines is 2. The van der Waals surface area contributed by atoms with Gasteiger partial charge in [0.25, 0.3) is 10.0 Å². The smallest absolute Gasteiger partial charge is 0.478 e. The van der Waals surface area contributed by atoms with Crippen molar-refractivity contribution in [2.24, 2.45) is 0 Å². The van der Waals surface area contributed by atoms with E-state index >= 15 is 0 Å². The Morgan fingerprint density at radius 3 is 2.00 bits per heavy atom. The summed E-state index contributed by atoms with van der Waals surface area (Å²) in [5, 5.41) is 16.5. The van der Waals surface area contributed by atoms with Crippen molar-refractivity contribution < 1.29 is 50.2 Å². The van der Waals surface area contributed by atoms with Crippen LogP contribution >= 0.6 is 0 Å². The van der Waals surface area contributed by atoms with Crippen molar-refractivity contribution in [2.45, 2.75) is 17.6 Å². The van der Waals surface area contributed by atoms with Gasteiger partial charge in [-0.25, -0.2) is 26.8 Å². The third-order valence-corrected chi connectivity index (χ3v) is 7.30. The number of nitrogens with zero attached hydrogens (tertiary/aromatic N) is 2. The van der Waals surface area contributed by atoms with Crippen molar-refractivity contribution in [1.29, 1.82) is 0 Å². The molecule has 0 bridgehead atoms. The van der Waals surface area contributed by atoms with Gasteiger partial charge in [-0.05, 0) is 48.5 Å². The van der Waals surface area contributed by atoms with Crippen LogP contribution < -0.4 is 9.62 Å². The molecule has 9 nitrogen and oxygen atoms in total. The highest BCUT2D eigenvalue weighted by Gasteiger charge is 2.38. The number of aliphatic carboxylic acids is 1. The van der Waals surface area contributed by atoms with Crippen LogP contribution in [0.4, 0.5) is 33.3 Å². The molecule has 0 spiro atoms. The lowest BCUT2D eigenvalue weighted by Gasteiger charge is -2.37. The van der Waals surface area contributed by atoms with Crippen LogP contribution in [0, 0.1) is 11.6 Å². The van der Waals surface area contributed by atoms with E-state index in [9.17, 15) is 40.3 Å². The fourth-order valence-corrected chi connectivity index (χ4v) is 4.92. The maximum Gasteiger partial charge on any atom is 0.490 e. The Hall–Kier alpha value is -4.24. The van der Waals surface area contributed by atoms with E-state index in [0.717, 1.165) is 24.3 Å². The number of aromatic carboxylic acids is 1. The fraction of sp³-hybridized carbons (Fsp3) is 0.231. The molecule has 1 heterocycles. The number of benzene rings is 3. The van der Waals surface area contributed by atoms with Crippen LogP contribution in [-0.4, -0.2) is 67.8 Å². The van der Waals surface area contributed by atoms with Crippen LogP contribution in [0.2, 0.25) is 0 Å². The number of hydrogen-bond donors (Lipinski definition) is 3. The van der Waals surface area contributed by atoms with Crippen molar-refractivity contribution in [1.82, 2.24) is 4.90 Å². The highest BCUT2D eigenvalue weighted by molar-refractivity contribution is 7.92. The Balaban J connectivity index is 0.000000587. The van der Waals surface area contributed by atoms with Gasteiger partial charge < -0.3 is 15.1 Å². The summed E-state index contributed by atoms with van der Waals surface area (Å²) >= 11 is 0. The molecule has 0 aromatic heterocycles. The first-order chi connectivity index (χ1) is 19.2. The van der Waals surface area contributed by atoms with Gasteiger partial charge in [0, 0.05) is 38.3 Å². The molecule has 0 radical (unpaired) electrons. The van der Waals surface area contributed by atoms with Crippen LogP contribution in [0.25, 0.3) is 0 Å². The summed E-state index contributed by atoms with van der Waals surface area (Å²) in [5.74, 6) is -4.77. The molecule has 1 aliphatic rings. The van der Waals surface area contributed by atoms with Gasteiger partial charge in [0.2, 0.25) is 0 Å². The minimum absolute atomic E-state index is 0.0706. The number of sulfonamides is 1. The highest BCUT2D eigenvalue weighted by Crippen LogP contribution is 2.31. The van der Waals surface area contributed by atoms with Gasteiger partial charge in [-0.2, -0.15) is 13.2 Å². The van der Waals surface area contributed by atoms with E-state index in [4.69, 9.17) is 9.90 Å². The number of carbonyl (C=O) groups is 2. The second-order valence-electron chi connectivity index (χ2n) is 8.75. The van der Waals surface area contributed by atoms with Crippen molar-refractivity contribution in [3.05, 3.63) is 89.5 Å². The predicted molar refractivity (Wildman–Crippen MR) is 138 cm³/mol. The third-order valence-electron chi connectivity index (χ3n) is 5.92.